The number of rotatable bonds is 5. The van der Waals surface area contributed by atoms with Gasteiger partial charge in [-0.05, 0) is 42.7 Å². The molecule has 1 heterocycles. The van der Waals surface area contributed by atoms with Gasteiger partial charge in [0.25, 0.3) is 5.91 Å². The van der Waals surface area contributed by atoms with E-state index < -0.39 is 6.04 Å². The van der Waals surface area contributed by atoms with Crippen LogP contribution < -0.4 is 15.1 Å². The van der Waals surface area contributed by atoms with Crippen LogP contribution in [-0.4, -0.2) is 38.2 Å². The molecule has 1 fully saturated rings. The van der Waals surface area contributed by atoms with Crippen LogP contribution >= 0.6 is 11.8 Å². The van der Waals surface area contributed by atoms with Crippen LogP contribution in [0, 0.1) is 0 Å². The molecule has 0 spiro atoms. The van der Waals surface area contributed by atoms with Crippen LogP contribution in [0.5, 0.6) is 0 Å². The number of amides is 2. The smallest absolute Gasteiger partial charge is 0.256 e. The minimum absolute atomic E-state index is 0.164. The number of imide groups is 1. The zero-order chi connectivity index (χ0) is 18.0. The summed E-state index contributed by atoms with van der Waals surface area (Å²) in [5, 5.41) is 3.19. The maximum absolute atomic E-state index is 12.8. The number of benzene rings is 2. The predicted molar refractivity (Wildman–Crippen MR) is 104 cm³/mol. The Morgan fingerprint density at radius 3 is 2.40 bits per heavy atom. The zero-order valence-corrected chi connectivity index (χ0v) is 15.3. The molecule has 1 atom stereocenters. The molecule has 0 bridgehead atoms. The first-order chi connectivity index (χ1) is 12.0. The minimum atomic E-state index is -0.535. The third-order valence-corrected chi connectivity index (χ3v) is 4.98. The number of nitrogens with zero attached hydrogens (tertiary/aromatic N) is 2. The van der Waals surface area contributed by atoms with Gasteiger partial charge in [0.05, 0.1) is 12.1 Å². The lowest BCUT2D eigenvalue weighted by Gasteiger charge is -2.19. The third kappa shape index (κ3) is 3.49. The monoisotopic (exact) mass is 355 g/mol. The van der Waals surface area contributed by atoms with E-state index >= 15 is 0 Å². The van der Waals surface area contributed by atoms with E-state index in [1.807, 2.05) is 73.8 Å². The standard InChI is InChI=1S/C19H21N3O2S/c1-21(2)14-10-8-13(9-11-14)20-15-12-18(23)22(19(15)24)16-6-4-5-7-17(16)25-3/h4-11,15,20H,12H2,1-3H3. The number of thioether (sulfide) groups is 1. The lowest BCUT2D eigenvalue weighted by molar-refractivity contribution is -0.121. The highest BCUT2D eigenvalue weighted by atomic mass is 32.2. The molecule has 0 saturated carbocycles. The van der Waals surface area contributed by atoms with Crippen molar-refractivity contribution in [3.05, 3.63) is 48.5 Å². The van der Waals surface area contributed by atoms with Gasteiger partial charge in [-0.15, -0.1) is 11.8 Å². The average Bonchev–Trinajstić information content (AvgIpc) is 2.89. The highest BCUT2D eigenvalue weighted by Crippen LogP contribution is 2.32. The Morgan fingerprint density at radius 2 is 1.76 bits per heavy atom. The van der Waals surface area contributed by atoms with Crippen LogP contribution in [0.25, 0.3) is 0 Å². The van der Waals surface area contributed by atoms with E-state index in [0.29, 0.717) is 5.69 Å². The summed E-state index contributed by atoms with van der Waals surface area (Å²) in [5.41, 5.74) is 2.57. The zero-order valence-electron chi connectivity index (χ0n) is 14.5. The van der Waals surface area contributed by atoms with Gasteiger partial charge in [0.15, 0.2) is 0 Å². The Bertz CT molecular complexity index is 790. The van der Waals surface area contributed by atoms with E-state index in [1.54, 1.807) is 0 Å². The van der Waals surface area contributed by atoms with Crippen molar-refractivity contribution in [2.45, 2.75) is 17.4 Å². The Labute approximate surface area is 152 Å². The Kier molecular flexibility index (Phi) is 4.99. The number of hydrogen-bond acceptors (Lipinski definition) is 5. The van der Waals surface area contributed by atoms with Crippen LogP contribution in [0.3, 0.4) is 0 Å². The lowest BCUT2D eigenvalue weighted by atomic mass is 10.2. The summed E-state index contributed by atoms with van der Waals surface area (Å²) in [7, 11) is 3.95. The molecule has 2 aromatic carbocycles. The van der Waals surface area contributed by atoms with Crippen LogP contribution in [0.15, 0.2) is 53.4 Å². The number of para-hydroxylation sites is 1. The number of nitrogens with one attached hydrogen (secondary N) is 1. The molecule has 6 heteroatoms. The van der Waals surface area contributed by atoms with Gasteiger partial charge in [-0.1, -0.05) is 12.1 Å². The number of anilines is 3. The third-order valence-electron chi connectivity index (χ3n) is 4.20. The fraction of sp³-hybridized carbons (Fsp3) is 0.263. The molecule has 25 heavy (non-hydrogen) atoms. The molecule has 130 valence electrons. The molecule has 0 radical (unpaired) electrons. The van der Waals surface area contributed by atoms with E-state index in [-0.39, 0.29) is 18.2 Å². The number of carbonyl (C=O) groups is 2. The highest BCUT2D eigenvalue weighted by molar-refractivity contribution is 7.98. The fourth-order valence-corrected chi connectivity index (χ4v) is 3.45. The predicted octanol–water partition coefficient (Wildman–Crippen LogP) is 3.22. The summed E-state index contributed by atoms with van der Waals surface area (Å²) in [6, 6.07) is 14.7. The summed E-state index contributed by atoms with van der Waals surface area (Å²) < 4.78 is 0. The quantitative estimate of drug-likeness (QED) is 0.659. The summed E-state index contributed by atoms with van der Waals surface area (Å²) >= 11 is 1.52. The lowest BCUT2D eigenvalue weighted by Crippen LogP contribution is -2.35. The van der Waals surface area contributed by atoms with Crippen molar-refractivity contribution in [3.63, 3.8) is 0 Å². The molecule has 0 aromatic heterocycles. The maximum Gasteiger partial charge on any atom is 0.256 e. The minimum Gasteiger partial charge on any atom is -0.378 e. The van der Waals surface area contributed by atoms with E-state index in [1.165, 1.54) is 16.7 Å². The topological polar surface area (TPSA) is 52.7 Å². The molecule has 3 rings (SSSR count). The normalized spacial score (nSPS) is 17.1. The highest BCUT2D eigenvalue weighted by Gasteiger charge is 2.40. The van der Waals surface area contributed by atoms with Gasteiger partial charge in [0.2, 0.25) is 5.91 Å². The SMILES string of the molecule is CSc1ccccc1N1C(=O)CC(Nc2ccc(N(C)C)cc2)C1=O. The molecule has 1 unspecified atom stereocenters. The first-order valence-electron chi connectivity index (χ1n) is 8.05. The maximum atomic E-state index is 12.8. The number of hydrogen-bond donors (Lipinski definition) is 1. The molecule has 1 aliphatic heterocycles. The summed E-state index contributed by atoms with van der Waals surface area (Å²) in [6.45, 7) is 0. The Hall–Kier alpha value is -2.47. The molecule has 2 amide bonds. The largest absolute Gasteiger partial charge is 0.378 e. The Balaban J connectivity index is 1.79. The summed E-state index contributed by atoms with van der Waals surface area (Å²) in [6.07, 6.45) is 2.10. The van der Waals surface area contributed by atoms with Crippen LogP contribution in [0.1, 0.15) is 6.42 Å². The van der Waals surface area contributed by atoms with Gasteiger partial charge in [-0.2, -0.15) is 0 Å². The van der Waals surface area contributed by atoms with E-state index in [4.69, 9.17) is 0 Å². The van der Waals surface area contributed by atoms with Gasteiger partial charge in [0, 0.05) is 30.4 Å². The molecule has 5 nitrogen and oxygen atoms in total. The molecule has 2 aromatic rings. The van der Waals surface area contributed by atoms with Crippen molar-refractivity contribution >= 4 is 40.6 Å². The van der Waals surface area contributed by atoms with Crippen molar-refractivity contribution in [3.8, 4) is 0 Å². The second kappa shape index (κ2) is 7.19. The molecule has 1 N–H and O–H groups in total. The fourth-order valence-electron chi connectivity index (χ4n) is 2.87. The Morgan fingerprint density at radius 1 is 1.08 bits per heavy atom. The van der Waals surface area contributed by atoms with Crippen molar-refractivity contribution in [1.82, 2.24) is 0 Å². The van der Waals surface area contributed by atoms with Gasteiger partial charge in [-0.25, -0.2) is 4.90 Å². The second-order valence-corrected chi connectivity index (χ2v) is 6.93. The van der Waals surface area contributed by atoms with Gasteiger partial charge in [0.1, 0.15) is 6.04 Å². The van der Waals surface area contributed by atoms with Crippen LogP contribution in [-0.2, 0) is 9.59 Å². The molecule has 0 aliphatic carbocycles. The summed E-state index contributed by atoms with van der Waals surface area (Å²) in [4.78, 5) is 29.5. The number of carbonyl (C=O) groups excluding carboxylic acids is 2. The van der Waals surface area contributed by atoms with Crippen LogP contribution in [0.4, 0.5) is 17.1 Å². The summed E-state index contributed by atoms with van der Waals surface area (Å²) in [5.74, 6) is -0.378. The van der Waals surface area contributed by atoms with Crippen molar-refractivity contribution in [2.24, 2.45) is 0 Å². The molecule has 1 aliphatic rings. The molecular formula is C19H21N3O2S. The second-order valence-electron chi connectivity index (χ2n) is 6.08. The van der Waals surface area contributed by atoms with Gasteiger partial charge >= 0.3 is 0 Å². The van der Waals surface area contributed by atoms with E-state index in [9.17, 15) is 9.59 Å². The van der Waals surface area contributed by atoms with Gasteiger partial charge in [-0.3, -0.25) is 9.59 Å². The van der Waals surface area contributed by atoms with Gasteiger partial charge < -0.3 is 10.2 Å². The van der Waals surface area contributed by atoms with E-state index in [0.717, 1.165) is 16.3 Å². The van der Waals surface area contributed by atoms with Crippen molar-refractivity contribution in [2.75, 3.05) is 35.5 Å². The molecule has 1 saturated heterocycles. The van der Waals surface area contributed by atoms with Crippen molar-refractivity contribution < 1.29 is 9.59 Å². The molecular weight excluding hydrogens is 334 g/mol. The average molecular weight is 355 g/mol. The first-order valence-corrected chi connectivity index (χ1v) is 9.27. The van der Waals surface area contributed by atoms with Crippen molar-refractivity contribution in [1.29, 1.82) is 0 Å². The van der Waals surface area contributed by atoms with Crippen LogP contribution in [0.2, 0.25) is 0 Å². The first kappa shape index (κ1) is 17.4. The van der Waals surface area contributed by atoms with E-state index in [2.05, 4.69) is 5.32 Å².